The number of carbonyl (C=O) groups excluding carboxylic acids is 1. The van der Waals surface area contributed by atoms with E-state index < -0.39 is 0 Å². The van der Waals surface area contributed by atoms with E-state index in [1.54, 1.807) is 0 Å². The topological polar surface area (TPSA) is 67.2 Å². The maximum Gasteiger partial charge on any atom is 0.255 e. The van der Waals surface area contributed by atoms with Crippen LogP contribution in [0.1, 0.15) is 54.9 Å². The Morgan fingerprint density at radius 2 is 2.16 bits per heavy atom. The van der Waals surface area contributed by atoms with Crippen LogP contribution in [0.3, 0.4) is 0 Å². The molecule has 2 N–H and O–H groups in total. The standard InChI is InChI=1S/C14H25N3O2/c1-5-8-17-12(4)13(11(3)16-17)14(19)15-10(2)7-6-9-18/h10,18H,5-9H2,1-4H3,(H,15,19). The average Bonchev–Trinajstić information content (AvgIpc) is 2.62. The zero-order valence-electron chi connectivity index (χ0n) is 12.4. The van der Waals surface area contributed by atoms with Gasteiger partial charge in [0, 0.05) is 24.9 Å². The van der Waals surface area contributed by atoms with Crippen molar-refractivity contribution in [2.75, 3.05) is 6.61 Å². The van der Waals surface area contributed by atoms with E-state index in [0.717, 1.165) is 30.8 Å². The summed E-state index contributed by atoms with van der Waals surface area (Å²) in [4.78, 5) is 12.3. The Labute approximate surface area is 115 Å². The fraction of sp³-hybridized carbons (Fsp3) is 0.714. The minimum atomic E-state index is -0.0669. The van der Waals surface area contributed by atoms with Crippen LogP contribution in [0.4, 0.5) is 0 Å². The third-order valence-corrected chi connectivity index (χ3v) is 3.22. The third kappa shape index (κ3) is 4.06. The van der Waals surface area contributed by atoms with Crippen molar-refractivity contribution in [2.24, 2.45) is 0 Å². The van der Waals surface area contributed by atoms with E-state index in [2.05, 4.69) is 17.3 Å². The second-order valence-electron chi connectivity index (χ2n) is 5.01. The lowest BCUT2D eigenvalue weighted by atomic mass is 10.1. The van der Waals surface area contributed by atoms with Crippen molar-refractivity contribution >= 4 is 5.91 Å². The largest absolute Gasteiger partial charge is 0.396 e. The first-order valence-electron chi connectivity index (χ1n) is 6.97. The highest BCUT2D eigenvalue weighted by molar-refractivity contribution is 5.96. The number of nitrogens with zero attached hydrogens (tertiary/aromatic N) is 2. The summed E-state index contributed by atoms with van der Waals surface area (Å²) in [5.41, 5.74) is 2.38. The fourth-order valence-corrected chi connectivity index (χ4v) is 2.22. The van der Waals surface area contributed by atoms with E-state index >= 15 is 0 Å². The van der Waals surface area contributed by atoms with Crippen molar-refractivity contribution in [2.45, 2.75) is 59.5 Å². The van der Waals surface area contributed by atoms with Gasteiger partial charge in [0.2, 0.25) is 0 Å². The number of aliphatic hydroxyl groups is 1. The summed E-state index contributed by atoms with van der Waals surface area (Å²) in [6, 6.07) is 0.0629. The summed E-state index contributed by atoms with van der Waals surface area (Å²) >= 11 is 0. The molecule has 5 heteroatoms. The van der Waals surface area contributed by atoms with Gasteiger partial charge in [-0.25, -0.2) is 0 Å². The third-order valence-electron chi connectivity index (χ3n) is 3.22. The predicted octanol–water partition coefficient (Wildman–Crippen LogP) is 1.80. The summed E-state index contributed by atoms with van der Waals surface area (Å²) in [6.07, 6.45) is 2.48. The van der Waals surface area contributed by atoms with Crippen LogP contribution in [0.5, 0.6) is 0 Å². The SMILES string of the molecule is CCCn1nc(C)c(C(=O)NC(C)CCCO)c1C. The van der Waals surface area contributed by atoms with Crippen LogP contribution >= 0.6 is 0 Å². The lowest BCUT2D eigenvalue weighted by Gasteiger charge is -2.13. The molecule has 1 heterocycles. The lowest BCUT2D eigenvalue weighted by molar-refractivity contribution is 0.0935. The molecule has 0 radical (unpaired) electrons. The second kappa shape index (κ2) is 7.28. The Morgan fingerprint density at radius 1 is 1.47 bits per heavy atom. The van der Waals surface area contributed by atoms with Crippen molar-refractivity contribution in [3.8, 4) is 0 Å². The van der Waals surface area contributed by atoms with Gasteiger partial charge in [-0.1, -0.05) is 6.92 Å². The number of carbonyl (C=O) groups is 1. The minimum Gasteiger partial charge on any atom is -0.396 e. The number of hydrogen-bond acceptors (Lipinski definition) is 3. The van der Waals surface area contributed by atoms with Gasteiger partial charge in [0.05, 0.1) is 11.3 Å². The molecule has 0 fully saturated rings. The van der Waals surface area contributed by atoms with E-state index in [-0.39, 0.29) is 18.6 Å². The molecule has 0 saturated heterocycles. The molecule has 19 heavy (non-hydrogen) atoms. The first kappa shape index (κ1) is 15.7. The number of rotatable bonds is 7. The molecular formula is C14H25N3O2. The van der Waals surface area contributed by atoms with Gasteiger partial charge in [-0.2, -0.15) is 5.10 Å². The van der Waals surface area contributed by atoms with Crippen LogP contribution in [0, 0.1) is 13.8 Å². The van der Waals surface area contributed by atoms with E-state index in [1.165, 1.54) is 0 Å². The van der Waals surface area contributed by atoms with E-state index in [4.69, 9.17) is 5.11 Å². The highest BCUT2D eigenvalue weighted by Crippen LogP contribution is 2.14. The molecule has 5 nitrogen and oxygen atoms in total. The molecule has 1 atom stereocenters. The van der Waals surface area contributed by atoms with Crippen molar-refractivity contribution in [3.05, 3.63) is 17.0 Å². The molecule has 108 valence electrons. The smallest absolute Gasteiger partial charge is 0.255 e. The fourth-order valence-electron chi connectivity index (χ4n) is 2.22. The highest BCUT2D eigenvalue weighted by Gasteiger charge is 2.19. The van der Waals surface area contributed by atoms with Gasteiger partial charge < -0.3 is 10.4 Å². The molecule has 0 spiro atoms. The van der Waals surface area contributed by atoms with Crippen molar-refractivity contribution in [1.82, 2.24) is 15.1 Å². The van der Waals surface area contributed by atoms with Crippen LogP contribution in [0.25, 0.3) is 0 Å². The summed E-state index contributed by atoms with van der Waals surface area (Å²) in [6.45, 7) is 8.84. The zero-order valence-corrected chi connectivity index (χ0v) is 12.4. The molecule has 0 aliphatic heterocycles. The number of aryl methyl sites for hydroxylation is 2. The molecule has 1 amide bonds. The summed E-state index contributed by atoms with van der Waals surface area (Å²) in [5.74, 6) is -0.0669. The molecule has 1 aromatic heterocycles. The summed E-state index contributed by atoms with van der Waals surface area (Å²) < 4.78 is 1.89. The first-order chi connectivity index (χ1) is 9.01. The van der Waals surface area contributed by atoms with E-state index in [0.29, 0.717) is 12.0 Å². The van der Waals surface area contributed by atoms with Gasteiger partial charge in [-0.3, -0.25) is 9.48 Å². The first-order valence-corrected chi connectivity index (χ1v) is 6.97. The molecule has 0 aliphatic rings. The maximum absolute atomic E-state index is 12.3. The molecule has 0 aliphatic carbocycles. The molecular weight excluding hydrogens is 242 g/mol. The van der Waals surface area contributed by atoms with Gasteiger partial charge in [-0.15, -0.1) is 0 Å². The zero-order chi connectivity index (χ0) is 14.4. The van der Waals surface area contributed by atoms with Gasteiger partial charge in [-0.05, 0) is 40.0 Å². The van der Waals surface area contributed by atoms with Gasteiger partial charge in [0.1, 0.15) is 0 Å². The number of nitrogens with one attached hydrogen (secondary N) is 1. The lowest BCUT2D eigenvalue weighted by Crippen LogP contribution is -2.33. The average molecular weight is 267 g/mol. The quantitative estimate of drug-likeness (QED) is 0.791. The van der Waals surface area contributed by atoms with Crippen LogP contribution in [-0.2, 0) is 6.54 Å². The molecule has 0 aromatic carbocycles. The van der Waals surface area contributed by atoms with Crippen LogP contribution in [0.2, 0.25) is 0 Å². The second-order valence-corrected chi connectivity index (χ2v) is 5.01. The molecule has 1 aromatic rings. The van der Waals surface area contributed by atoms with E-state index in [9.17, 15) is 4.79 Å². The predicted molar refractivity (Wildman–Crippen MR) is 75.2 cm³/mol. The minimum absolute atomic E-state index is 0.0629. The Morgan fingerprint density at radius 3 is 2.74 bits per heavy atom. The number of hydrogen-bond donors (Lipinski definition) is 2. The van der Waals surface area contributed by atoms with Gasteiger partial charge in [0.15, 0.2) is 0 Å². The van der Waals surface area contributed by atoms with Crippen molar-refractivity contribution < 1.29 is 9.90 Å². The van der Waals surface area contributed by atoms with E-state index in [1.807, 2.05) is 25.5 Å². The Kier molecular flexibility index (Phi) is 6.02. The Balaban J connectivity index is 2.76. The maximum atomic E-state index is 12.3. The van der Waals surface area contributed by atoms with Crippen LogP contribution in [-0.4, -0.2) is 33.4 Å². The number of aromatic nitrogens is 2. The normalized spacial score (nSPS) is 12.5. The Bertz CT molecular complexity index is 427. The van der Waals surface area contributed by atoms with Crippen molar-refractivity contribution in [1.29, 1.82) is 0 Å². The molecule has 0 bridgehead atoms. The summed E-state index contributed by atoms with van der Waals surface area (Å²) in [5, 5.41) is 16.2. The van der Waals surface area contributed by atoms with Gasteiger partial charge in [0.25, 0.3) is 5.91 Å². The molecule has 1 unspecified atom stereocenters. The number of amides is 1. The molecule has 1 rings (SSSR count). The van der Waals surface area contributed by atoms with Crippen LogP contribution < -0.4 is 5.32 Å². The highest BCUT2D eigenvalue weighted by atomic mass is 16.3. The van der Waals surface area contributed by atoms with Gasteiger partial charge >= 0.3 is 0 Å². The molecule has 0 saturated carbocycles. The Hall–Kier alpha value is -1.36. The summed E-state index contributed by atoms with van der Waals surface area (Å²) in [7, 11) is 0. The monoisotopic (exact) mass is 267 g/mol. The van der Waals surface area contributed by atoms with Crippen molar-refractivity contribution in [3.63, 3.8) is 0 Å². The number of aliphatic hydroxyl groups excluding tert-OH is 1. The van der Waals surface area contributed by atoms with Crippen LogP contribution in [0.15, 0.2) is 0 Å².